The number of pyridine rings is 1. The molecule has 88 valence electrons. The second-order valence-corrected chi connectivity index (χ2v) is 6.26. The molecule has 1 fully saturated rings. The third-order valence-electron chi connectivity index (χ3n) is 2.48. The van der Waals surface area contributed by atoms with Crippen molar-refractivity contribution in [3.8, 4) is 0 Å². The van der Waals surface area contributed by atoms with Gasteiger partial charge in [-0.1, -0.05) is 11.6 Å². The van der Waals surface area contributed by atoms with Crippen molar-refractivity contribution >= 4 is 45.1 Å². The molecule has 1 aromatic heterocycles. The zero-order valence-electron chi connectivity index (χ0n) is 8.54. The molecule has 2 heterocycles. The average Bonchev–Trinajstić information content (AvgIpc) is 2.64. The van der Waals surface area contributed by atoms with Crippen LogP contribution in [0, 0.1) is 0 Å². The van der Waals surface area contributed by atoms with Crippen LogP contribution in [0.4, 0.5) is 5.82 Å². The van der Waals surface area contributed by atoms with Crippen LogP contribution in [0.1, 0.15) is 6.42 Å². The summed E-state index contributed by atoms with van der Waals surface area (Å²) in [5, 5.41) is 13.9. The van der Waals surface area contributed by atoms with Gasteiger partial charge in [-0.3, -0.25) is 0 Å². The number of anilines is 1. The number of thioether (sulfide) groups is 1. The van der Waals surface area contributed by atoms with E-state index in [1.54, 1.807) is 24.0 Å². The van der Waals surface area contributed by atoms with Gasteiger partial charge in [0.2, 0.25) is 0 Å². The number of aromatic nitrogens is 1. The first-order valence-electron chi connectivity index (χ1n) is 4.94. The fourth-order valence-corrected chi connectivity index (χ4v) is 3.60. The number of nitrogens with one attached hydrogen (secondary N) is 1. The van der Waals surface area contributed by atoms with Gasteiger partial charge in [0.15, 0.2) is 0 Å². The molecule has 2 rings (SSSR count). The zero-order valence-corrected chi connectivity index (χ0v) is 11.7. The predicted octanol–water partition coefficient (Wildman–Crippen LogP) is 2.78. The van der Waals surface area contributed by atoms with E-state index in [4.69, 9.17) is 11.6 Å². The van der Waals surface area contributed by atoms with Gasteiger partial charge in [-0.15, -0.1) is 0 Å². The maximum absolute atomic E-state index is 10.1. The molecule has 1 aliphatic heterocycles. The number of hydrogen-bond donors (Lipinski definition) is 2. The van der Waals surface area contributed by atoms with Crippen molar-refractivity contribution in [3.63, 3.8) is 0 Å². The third kappa shape index (κ3) is 3.03. The monoisotopic (exact) mass is 322 g/mol. The minimum absolute atomic E-state index is 0.521. The highest BCUT2D eigenvalue weighted by atomic mass is 79.9. The molecule has 0 saturated carbocycles. The Morgan fingerprint density at radius 1 is 1.69 bits per heavy atom. The number of halogens is 2. The van der Waals surface area contributed by atoms with Gasteiger partial charge in [0.1, 0.15) is 5.82 Å². The molecule has 1 atom stereocenters. The van der Waals surface area contributed by atoms with Crippen LogP contribution in [-0.4, -0.2) is 33.7 Å². The van der Waals surface area contributed by atoms with Gasteiger partial charge < -0.3 is 10.4 Å². The largest absolute Gasteiger partial charge is 0.387 e. The highest BCUT2D eigenvalue weighted by molar-refractivity contribution is 9.10. The normalized spacial score (nSPS) is 24.7. The Morgan fingerprint density at radius 2 is 2.50 bits per heavy atom. The van der Waals surface area contributed by atoms with Gasteiger partial charge in [-0.25, -0.2) is 4.98 Å². The van der Waals surface area contributed by atoms with E-state index in [0.29, 0.717) is 11.6 Å². The van der Waals surface area contributed by atoms with Crippen LogP contribution in [-0.2, 0) is 0 Å². The first-order valence-corrected chi connectivity index (χ1v) is 7.27. The first kappa shape index (κ1) is 12.5. The summed E-state index contributed by atoms with van der Waals surface area (Å²) in [7, 11) is 0. The van der Waals surface area contributed by atoms with Crippen LogP contribution in [0.25, 0.3) is 0 Å². The second kappa shape index (κ2) is 5.12. The van der Waals surface area contributed by atoms with Crippen molar-refractivity contribution in [2.24, 2.45) is 0 Å². The lowest BCUT2D eigenvalue weighted by Crippen LogP contribution is -2.36. The summed E-state index contributed by atoms with van der Waals surface area (Å²) in [6.45, 7) is 0.521. The van der Waals surface area contributed by atoms with E-state index in [1.807, 2.05) is 0 Å². The predicted molar refractivity (Wildman–Crippen MR) is 72.3 cm³/mol. The Hall–Kier alpha value is 0.0300. The van der Waals surface area contributed by atoms with Gasteiger partial charge in [0.25, 0.3) is 0 Å². The van der Waals surface area contributed by atoms with Crippen LogP contribution in [0.5, 0.6) is 0 Å². The lowest BCUT2D eigenvalue weighted by atomic mass is 10.0. The molecule has 0 aromatic carbocycles. The van der Waals surface area contributed by atoms with E-state index >= 15 is 0 Å². The molecule has 0 amide bonds. The second-order valence-electron chi connectivity index (χ2n) is 3.86. The van der Waals surface area contributed by atoms with E-state index in [2.05, 4.69) is 26.2 Å². The van der Waals surface area contributed by atoms with Crippen LogP contribution in [0.3, 0.4) is 0 Å². The molecule has 6 heteroatoms. The van der Waals surface area contributed by atoms with Crippen molar-refractivity contribution < 1.29 is 5.11 Å². The Balaban J connectivity index is 1.99. The molecular formula is C10H12BrClN2OS. The highest BCUT2D eigenvalue weighted by Gasteiger charge is 2.31. The molecule has 1 aliphatic rings. The molecule has 0 aliphatic carbocycles. The van der Waals surface area contributed by atoms with Crippen molar-refractivity contribution in [2.45, 2.75) is 12.0 Å². The molecule has 0 spiro atoms. The van der Waals surface area contributed by atoms with Gasteiger partial charge in [0, 0.05) is 18.5 Å². The van der Waals surface area contributed by atoms with Crippen LogP contribution >= 0.6 is 39.3 Å². The van der Waals surface area contributed by atoms with Crippen LogP contribution < -0.4 is 5.32 Å². The third-order valence-corrected chi connectivity index (χ3v) is 4.52. The van der Waals surface area contributed by atoms with Crippen molar-refractivity contribution in [1.29, 1.82) is 0 Å². The minimum Gasteiger partial charge on any atom is -0.387 e. The quantitative estimate of drug-likeness (QED) is 0.898. The highest BCUT2D eigenvalue weighted by Crippen LogP contribution is 2.29. The molecule has 1 saturated heterocycles. The molecule has 0 bridgehead atoms. The van der Waals surface area contributed by atoms with Crippen LogP contribution in [0.2, 0.25) is 5.02 Å². The molecule has 0 unspecified atom stereocenters. The van der Waals surface area contributed by atoms with Gasteiger partial charge >= 0.3 is 0 Å². The van der Waals surface area contributed by atoms with Crippen molar-refractivity contribution in [3.05, 3.63) is 21.8 Å². The molecule has 3 nitrogen and oxygen atoms in total. The van der Waals surface area contributed by atoms with E-state index in [0.717, 1.165) is 28.2 Å². The Morgan fingerprint density at radius 3 is 3.12 bits per heavy atom. The lowest BCUT2D eigenvalue weighted by molar-refractivity contribution is 0.0819. The lowest BCUT2D eigenvalue weighted by Gasteiger charge is -2.22. The van der Waals surface area contributed by atoms with Crippen molar-refractivity contribution in [2.75, 3.05) is 23.4 Å². The zero-order chi connectivity index (χ0) is 11.6. The smallest absolute Gasteiger partial charge is 0.140 e. The van der Waals surface area contributed by atoms with E-state index < -0.39 is 5.60 Å². The SMILES string of the molecule is O[C@]1(CNc2ncc(Cl)cc2Br)CCSC1. The molecule has 2 N–H and O–H groups in total. The number of nitrogens with zero attached hydrogens (tertiary/aromatic N) is 1. The molecule has 16 heavy (non-hydrogen) atoms. The maximum Gasteiger partial charge on any atom is 0.140 e. The van der Waals surface area contributed by atoms with Crippen molar-refractivity contribution in [1.82, 2.24) is 4.98 Å². The molecule has 1 aromatic rings. The van der Waals surface area contributed by atoms with E-state index in [1.165, 1.54) is 0 Å². The first-order chi connectivity index (χ1) is 7.59. The summed E-state index contributed by atoms with van der Waals surface area (Å²) in [5.74, 6) is 2.52. The summed E-state index contributed by atoms with van der Waals surface area (Å²) in [6, 6.07) is 1.78. The van der Waals surface area contributed by atoms with Gasteiger partial charge in [-0.2, -0.15) is 11.8 Å². The summed E-state index contributed by atoms with van der Waals surface area (Å²) in [5.41, 5.74) is -0.606. The average molecular weight is 324 g/mol. The summed E-state index contributed by atoms with van der Waals surface area (Å²) >= 11 is 11.0. The number of rotatable bonds is 3. The maximum atomic E-state index is 10.1. The van der Waals surface area contributed by atoms with E-state index in [-0.39, 0.29) is 0 Å². The fourth-order valence-electron chi connectivity index (χ4n) is 1.53. The van der Waals surface area contributed by atoms with Gasteiger partial charge in [0.05, 0.1) is 15.1 Å². The van der Waals surface area contributed by atoms with Gasteiger partial charge in [-0.05, 0) is 34.2 Å². The molecular weight excluding hydrogens is 312 g/mol. The Labute approximate surface area is 112 Å². The topological polar surface area (TPSA) is 45.1 Å². The summed E-state index contributed by atoms with van der Waals surface area (Å²) < 4.78 is 0.814. The van der Waals surface area contributed by atoms with E-state index in [9.17, 15) is 5.11 Å². The fraction of sp³-hybridized carbons (Fsp3) is 0.500. The summed E-state index contributed by atoms with van der Waals surface area (Å²) in [4.78, 5) is 4.16. The summed E-state index contributed by atoms with van der Waals surface area (Å²) in [6.07, 6.45) is 2.41. The Bertz CT molecular complexity index is 385. The molecule has 0 radical (unpaired) electrons. The standard InChI is InChI=1S/C10H12BrClN2OS/c11-8-3-7(12)4-13-9(8)14-5-10(15)1-2-16-6-10/h3-4,15H,1-2,5-6H2,(H,13,14)/t10-/m0/s1. The number of hydrogen-bond acceptors (Lipinski definition) is 4. The number of aliphatic hydroxyl groups is 1. The van der Waals surface area contributed by atoms with Crippen LogP contribution in [0.15, 0.2) is 16.7 Å². The Kier molecular flexibility index (Phi) is 4.00. The minimum atomic E-state index is -0.606.